The standard InChI is InChI=1S/C14H17N3O2/c1-4-10-13(16-8-17-14(10)15)11-7-9(18-2)5-6-12(11)19-3/h5-8H,4H2,1-3H3,(H2,15,16,17). The van der Waals surface area contributed by atoms with E-state index in [9.17, 15) is 0 Å². The van der Waals surface area contributed by atoms with Crippen LogP contribution in [0.3, 0.4) is 0 Å². The summed E-state index contributed by atoms with van der Waals surface area (Å²) in [5, 5.41) is 0. The molecule has 1 heterocycles. The molecule has 2 aromatic rings. The average molecular weight is 259 g/mol. The van der Waals surface area contributed by atoms with Gasteiger partial charge in [-0.15, -0.1) is 0 Å². The summed E-state index contributed by atoms with van der Waals surface area (Å²) in [7, 11) is 3.25. The van der Waals surface area contributed by atoms with Gasteiger partial charge in [0.15, 0.2) is 0 Å². The van der Waals surface area contributed by atoms with E-state index in [1.807, 2.05) is 25.1 Å². The monoisotopic (exact) mass is 259 g/mol. The molecule has 0 atom stereocenters. The van der Waals surface area contributed by atoms with Gasteiger partial charge in [-0.05, 0) is 24.6 Å². The van der Waals surface area contributed by atoms with Crippen molar-refractivity contribution in [3.63, 3.8) is 0 Å². The number of hydrogen-bond acceptors (Lipinski definition) is 5. The normalized spacial score (nSPS) is 10.3. The van der Waals surface area contributed by atoms with Gasteiger partial charge < -0.3 is 15.2 Å². The number of nitrogens with zero attached hydrogens (tertiary/aromatic N) is 2. The molecule has 19 heavy (non-hydrogen) atoms. The van der Waals surface area contributed by atoms with E-state index >= 15 is 0 Å². The molecular weight excluding hydrogens is 242 g/mol. The number of hydrogen-bond donors (Lipinski definition) is 1. The largest absolute Gasteiger partial charge is 0.497 e. The van der Waals surface area contributed by atoms with E-state index in [0.29, 0.717) is 5.82 Å². The minimum atomic E-state index is 0.498. The highest BCUT2D eigenvalue weighted by Crippen LogP contribution is 2.35. The van der Waals surface area contributed by atoms with Gasteiger partial charge in [-0.25, -0.2) is 9.97 Å². The van der Waals surface area contributed by atoms with Gasteiger partial charge in [-0.2, -0.15) is 0 Å². The van der Waals surface area contributed by atoms with Crippen LogP contribution in [-0.4, -0.2) is 24.2 Å². The maximum Gasteiger partial charge on any atom is 0.130 e. The van der Waals surface area contributed by atoms with Gasteiger partial charge in [-0.3, -0.25) is 0 Å². The van der Waals surface area contributed by atoms with E-state index in [0.717, 1.165) is 34.7 Å². The zero-order valence-electron chi connectivity index (χ0n) is 11.3. The molecule has 0 aliphatic carbocycles. The van der Waals surface area contributed by atoms with Crippen LogP contribution in [0.1, 0.15) is 12.5 Å². The summed E-state index contributed by atoms with van der Waals surface area (Å²) in [6.45, 7) is 2.02. The Bertz CT molecular complexity index is 585. The topological polar surface area (TPSA) is 70.3 Å². The summed E-state index contributed by atoms with van der Waals surface area (Å²) in [6, 6.07) is 5.59. The van der Waals surface area contributed by atoms with Gasteiger partial charge >= 0.3 is 0 Å². The van der Waals surface area contributed by atoms with Crippen LogP contribution in [0.25, 0.3) is 11.3 Å². The second-order valence-corrected chi connectivity index (χ2v) is 4.01. The second kappa shape index (κ2) is 5.56. The van der Waals surface area contributed by atoms with E-state index < -0.39 is 0 Å². The molecule has 0 unspecified atom stereocenters. The average Bonchev–Trinajstić information content (AvgIpc) is 2.46. The van der Waals surface area contributed by atoms with Crippen molar-refractivity contribution < 1.29 is 9.47 Å². The second-order valence-electron chi connectivity index (χ2n) is 4.01. The summed E-state index contributed by atoms with van der Waals surface area (Å²) in [5.74, 6) is 1.97. The molecule has 2 N–H and O–H groups in total. The van der Waals surface area contributed by atoms with Crippen molar-refractivity contribution in [2.45, 2.75) is 13.3 Å². The summed E-state index contributed by atoms with van der Waals surface area (Å²) in [6.07, 6.45) is 2.21. The highest BCUT2D eigenvalue weighted by Gasteiger charge is 2.14. The molecule has 0 aliphatic heterocycles. The number of nitrogen functional groups attached to an aromatic ring is 1. The Hall–Kier alpha value is -2.30. The van der Waals surface area contributed by atoms with Gasteiger partial charge in [0.05, 0.1) is 19.9 Å². The van der Waals surface area contributed by atoms with Crippen molar-refractivity contribution in [3.05, 3.63) is 30.1 Å². The highest BCUT2D eigenvalue weighted by molar-refractivity contribution is 5.74. The number of anilines is 1. The summed E-state index contributed by atoms with van der Waals surface area (Å²) < 4.78 is 10.6. The van der Waals surface area contributed by atoms with E-state index in [4.69, 9.17) is 15.2 Å². The number of aromatic nitrogens is 2. The number of methoxy groups -OCH3 is 2. The van der Waals surface area contributed by atoms with Gasteiger partial charge in [0.25, 0.3) is 0 Å². The zero-order chi connectivity index (χ0) is 13.8. The molecule has 0 bridgehead atoms. The Morgan fingerprint density at radius 1 is 1.16 bits per heavy atom. The fraction of sp³-hybridized carbons (Fsp3) is 0.286. The predicted molar refractivity (Wildman–Crippen MR) is 74.4 cm³/mol. The maximum absolute atomic E-state index is 5.91. The highest BCUT2D eigenvalue weighted by atomic mass is 16.5. The predicted octanol–water partition coefficient (Wildman–Crippen LogP) is 2.31. The van der Waals surface area contributed by atoms with E-state index in [2.05, 4.69) is 9.97 Å². The molecule has 5 heteroatoms. The molecule has 0 saturated carbocycles. The van der Waals surface area contributed by atoms with Crippen LogP contribution in [0.5, 0.6) is 11.5 Å². The Balaban J connectivity index is 2.66. The summed E-state index contributed by atoms with van der Waals surface area (Å²) >= 11 is 0. The van der Waals surface area contributed by atoms with E-state index in [1.54, 1.807) is 14.2 Å². The molecule has 0 radical (unpaired) electrons. The Kier molecular flexibility index (Phi) is 3.85. The third-order valence-electron chi connectivity index (χ3n) is 2.99. The fourth-order valence-electron chi connectivity index (χ4n) is 2.01. The summed E-state index contributed by atoms with van der Waals surface area (Å²) in [5.41, 5.74) is 8.46. The van der Waals surface area contributed by atoms with Crippen molar-refractivity contribution in [1.29, 1.82) is 0 Å². The van der Waals surface area contributed by atoms with Crippen LogP contribution in [-0.2, 0) is 6.42 Å². The van der Waals surface area contributed by atoms with Crippen LogP contribution in [0.15, 0.2) is 24.5 Å². The first-order valence-corrected chi connectivity index (χ1v) is 6.03. The molecule has 100 valence electrons. The Morgan fingerprint density at radius 3 is 2.58 bits per heavy atom. The minimum Gasteiger partial charge on any atom is -0.497 e. The molecule has 2 rings (SSSR count). The van der Waals surface area contributed by atoms with Crippen LogP contribution in [0, 0.1) is 0 Å². The van der Waals surface area contributed by atoms with Crippen molar-refractivity contribution in [2.24, 2.45) is 0 Å². The molecule has 0 saturated heterocycles. The molecule has 1 aromatic heterocycles. The Morgan fingerprint density at radius 2 is 1.95 bits per heavy atom. The van der Waals surface area contributed by atoms with Gasteiger partial charge in [-0.1, -0.05) is 6.92 Å². The van der Waals surface area contributed by atoms with Gasteiger partial charge in [0, 0.05) is 11.1 Å². The fourth-order valence-corrected chi connectivity index (χ4v) is 2.01. The summed E-state index contributed by atoms with van der Waals surface area (Å²) in [4.78, 5) is 8.37. The van der Waals surface area contributed by atoms with Crippen LogP contribution >= 0.6 is 0 Å². The SMILES string of the molecule is CCc1c(N)ncnc1-c1cc(OC)ccc1OC. The molecule has 0 spiro atoms. The van der Waals surface area contributed by atoms with Crippen molar-refractivity contribution >= 4 is 5.82 Å². The Labute approximate surface area is 112 Å². The lowest BCUT2D eigenvalue weighted by Crippen LogP contribution is -2.02. The lowest BCUT2D eigenvalue weighted by atomic mass is 10.0. The smallest absolute Gasteiger partial charge is 0.130 e. The molecular formula is C14H17N3O2. The molecule has 0 fully saturated rings. The van der Waals surface area contributed by atoms with Crippen molar-refractivity contribution in [2.75, 3.05) is 20.0 Å². The van der Waals surface area contributed by atoms with Gasteiger partial charge in [0.2, 0.25) is 0 Å². The third kappa shape index (κ3) is 2.45. The lowest BCUT2D eigenvalue weighted by Gasteiger charge is -2.13. The van der Waals surface area contributed by atoms with E-state index in [-0.39, 0.29) is 0 Å². The number of nitrogens with two attached hydrogens (primary N) is 1. The van der Waals surface area contributed by atoms with Crippen LogP contribution in [0.4, 0.5) is 5.82 Å². The third-order valence-corrected chi connectivity index (χ3v) is 2.99. The zero-order valence-corrected chi connectivity index (χ0v) is 11.3. The molecule has 5 nitrogen and oxygen atoms in total. The number of rotatable bonds is 4. The van der Waals surface area contributed by atoms with Gasteiger partial charge in [0.1, 0.15) is 23.6 Å². The maximum atomic E-state index is 5.91. The van der Waals surface area contributed by atoms with Crippen LogP contribution < -0.4 is 15.2 Å². The molecule has 0 amide bonds. The lowest BCUT2D eigenvalue weighted by molar-refractivity contribution is 0.404. The first-order valence-electron chi connectivity index (χ1n) is 6.03. The van der Waals surface area contributed by atoms with E-state index in [1.165, 1.54) is 6.33 Å². The van der Waals surface area contributed by atoms with Crippen molar-refractivity contribution in [3.8, 4) is 22.8 Å². The first-order chi connectivity index (χ1) is 9.21. The van der Waals surface area contributed by atoms with Crippen LogP contribution in [0.2, 0.25) is 0 Å². The molecule has 0 aliphatic rings. The number of ether oxygens (including phenoxy) is 2. The van der Waals surface area contributed by atoms with Crippen molar-refractivity contribution in [1.82, 2.24) is 9.97 Å². The quantitative estimate of drug-likeness (QED) is 0.912. The minimum absolute atomic E-state index is 0.498. The number of benzene rings is 1. The first kappa shape index (κ1) is 13.1. The molecule has 1 aromatic carbocycles.